The first kappa shape index (κ1) is 13.6. The van der Waals surface area contributed by atoms with Gasteiger partial charge < -0.3 is 9.64 Å². The van der Waals surface area contributed by atoms with E-state index < -0.39 is 0 Å². The van der Waals surface area contributed by atoms with Gasteiger partial charge in [0.2, 0.25) is 0 Å². The maximum absolute atomic E-state index is 12.0. The van der Waals surface area contributed by atoms with Gasteiger partial charge in [0.1, 0.15) is 5.75 Å². The summed E-state index contributed by atoms with van der Waals surface area (Å²) >= 11 is 12.6. The van der Waals surface area contributed by atoms with E-state index >= 15 is 0 Å². The Morgan fingerprint density at radius 3 is 2.50 bits per heavy atom. The van der Waals surface area contributed by atoms with Crippen molar-refractivity contribution < 1.29 is 9.53 Å². The molecule has 0 aliphatic rings. The van der Waals surface area contributed by atoms with Crippen molar-refractivity contribution in [1.29, 1.82) is 0 Å². The molecule has 90 valence electrons. The zero-order valence-electron chi connectivity index (χ0n) is 8.91. The van der Waals surface area contributed by atoms with Gasteiger partial charge in [-0.3, -0.25) is 4.79 Å². The lowest BCUT2D eigenvalue weighted by Gasteiger charge is -2.19. The van der Waals surface area contributed by atoms with Crippen LogP contribution in [-0.2, 0) is 0 Å². The number of ether oxygens (including phenoxy) is 1. The van der Waals surface area contributed by atoms with Crippen LogP contribution in [0.25, 0.3) is 0 Å². The van der Waals surface area contributed by atoms with Gasteiger partial charge in [0, 0.05) is 36.3 Å². The molecular weight excluding hydrogens is 269 g/mol. The van der Waals surface area contributed by atoms with Crippen LogP contribution in [0.4, 0.5) is 0 Å². The van der Waals surface area contributed by atoms with Crippen LogP contribution in [0, 0.1) is 0 Å². The molecule has 0 radical (unpaired) electrons. The molecule has 0 saturated carbocycles. The molecule has 0 bridgehead atoms. The van der Waals surface area contributed by atoms with Crippen molar-refractivity contribution in [3.63, 3.8) is 0 Å². The Bertz CT molecular complexity index is 337. The normalized spacial score (nSPS) is 10.2. The first-order valence-corrected chi connectivity index (χ1v) is 6.71. The Labute approximate surface area is 109 Å². The SMILES string of the molecule is COc1csc(C(=O)N(CCCl)CCCl)c1. The number of alkyl halides is 2. The number of thiophene rings is 1. The highest BCUT2D eigenvalue weighted by molar-refractivity contribution is 7.12. The van der Waals surface area contributed by atoms with E-state index in [1.54, 1.807) is 23.5 Å². The van der Waals surface area contributed by atoms with E-state index in [-0.39, 0.29) is 5.91 Å². The molecule has 1 aromatic rings. The molecule has 0 atom stereocenters. The van der Waals surface area contributed by atoms with Crippen molar-refractivity contribution in [1.82, 2.24) is 4.90 Å². The predicted molar refractivity (Wildman–Crippen MR) is 68.2 cm³/mol. The minimum absolute atomic E-state index is 0.0467. The Hall–Kier alpha value is -0.450. The van der Waals surface area contributed by atoms with Gasteiger partial charge in [-0.2, -0.15) is 0 Å². The van der Waals surface area contributed by atoms with Gasteiger partial charge in [0.05, 0.1) is 12.0 Å². The lowest BCUT2D eigenvalue weighted by molar-refractivity contribution is 0.0779. The Morgan fingerprint density at radius 2 is 2.06 bits per heavy atom. The van der Waals surface area contributed by atoms with E-state index in [0.29, 0.717) is 35.5 Å². The maximum Gasteiger partial charge on any atom is 0.264 e. The maximum atomic E-state index is 12.0. The van der Waals surface area contributed by atoms with Crippen molar-refractivity contribution in [2.75, 3.05) is 32.0 Å². The summed E-state index contributed by atoms with van der Waals surface area (Å²) in [4.78, 5) is 14.3. The first-order valence-electron chi connectivity index (χ1n) is 4.76. The number of hydrogen-bond donors (Lipinski definition) is 0. The van der Waals surface area contributed by atoms with Gasteiger partial charge >= 0.3 is 0 Å². The molecule has 16 heavy (non-hydrogen) atoms. The van der Waals surface area contributed by atoms with E-state index in [0.717, 1.165) is 0 Å². The quantitative estimate of drug-likeness (QED) is 0.751. The number of methoxy groups -OCH3 is 1. The predicted octanol–water partition coefficient (Wildman–Crippen LogP) is 2.68. The van der Waals surface area contributed by atoms with E-state index in [4.69, 9.17) is 27.9 Å². The molecule has 0 aliphatic heterocycles. The highest BCUT2D eigenvalue weighted by atomic mass is 35.5. The minimum atomic E-state index is -0.0467. The molecule has 0 fully saturated rings. The largest absolute Gasteiger partial charge is 0.496 e. The van der Waals surface area contributed by atoms with Crippen molar-refractivity contribution in [2.24, 2.45) is 0 Å². The molecule has 1 aromatic heterocycles. The average Bonchev–Trinajstić information content (AvgIpc) is 2.76. The van der Waals surface area contributed by atoms with Crippen LogP contribution in [0.2, 0.25) is 0 Å². The number of amides is 1. The summed E-state index contributed by atoms with van der Waals surface area (Å²) in [6, 6.07) is 1.72. The second-order valence-electron chi connectivity index (χ2n) is 3.02. The van der Waals surface area contributed by atoms with Gasteiger partial charge in [0.15, 0.2) is 0 Å². The average molecular weight is 282 g/mol. The van der Waals surface area contributed by atoms with E-state index in [1.165, 1.54) is 11.3 Å². The molecule has 1 heterocycles. The number of hydrogen-bond acceptors (Lipinski definition) is 3. The first-order chi connectivity index (χ1) is 7.72. The van der Waals surface area contributed by atoms with Gasteiger partial charge in [-0.05, 0) is 0 Å². The third kappa shape index (κ3) is 3.54. The summed E-state index contributed by atoms with van der Waals surface area (Å²) in [5.74, 6) is 1.47. The molecule has 6 heteroatoms. The van der Waals surface area contributed by atoms with E-state index in [1.807, 2.05) is 0 Å². The topological polar surface area (TPSA) is 29.5 Å². The van der Waals surface area contributed by atoms with Crippen molar-refractivity contribution in [3.8, 4) is 5.75 Å². The van der Waals surface area contributed by atoms with Crippen LogP contribution < -0.4 is 4.74 Å². The number of carbonyl (C=O) groups is 1. The number of carbonyl (C=O) groups excluding carboxylic acids is 1. The van der Waals surface area contributed by atoms with E-state index in [9.17, 15) is 4.79 Å². The van der Waals surface area contributed by atoms with Crippen LogP contribution in [0.3, 0.4) is 0 Å². The Morgan fingerprint density at radius 1 is 1.44 bits per heavy atom. The van der Waals surface area contributed by atoms with Crippen molar-refractivity contribution in [3.05, 3.63) is 16.3 Å². The molecule has 1 amide bonds. The van der Waals surface area contributed by atoms with Crippen LogP contribution in [0.1, 0.15) is 9.67 Å². The summed E-state index contributed by atoms with van der Waals surface area (Å²) in [7, 11) is 1.58. The molecule has 0 unspecified atom stereocenters. The third-order valence-electron chi connectivity index (χ3n) is 2.02. The minimum Gasteiger partial charge on any atom is -0.496 e. The van der Waals surface area contributed by atoms with Crippen LogP contribution in [0.5, 0.6) is 5.75 Å². The number of halogens is 2. The van der Waals surface area contributed by atoms with Crippen LogP contribution in [0.15, 0.2) is 11.4 Å². The van der Waals surface area contributed by atoms with Gasteiger partial charge in [0.25, 0.3) is 5.91 Å². The summed E-state index contributed by atoms with van der Waals surface area (Å²) in [6.45, 7) is 1.01. The fourth-order valence-corrected chi connectivity index (χ4v) is 2.44. The molecular formula is C10H13Cl2NO2S. The molecule has 0 saturated heterocycles. The zero-order chi connectivity index (χ0) is 12.0. The molecule has 0 N–H and O–H groups in total. The van der Waals surface area contributed by atoms with Crippen LogP contribution >= 0.6 is 34.5 Å². The number of nitrogens with zero attached hydrogens (tertiary/aromatic N) is 1. The lowest BCUT2D eigenvalue weighted by atomic mass is 10.4. The fraction of sp³-hybridized carbons (Fsp3) is 0.500. The monoisotopic (exact) mass is 281 g/mol. The Balaban J connectivity index is 2.72. The summed E-state index contributed by atoms with van der Waals surface area (Å²) in [5.41, 5.74) is 0. The standard InChI is InChI=1S/C10H13Cl2NO2S/c1-15-8-6-9(16-7-8)10(14)13(4-2-11)5-3-12/h6-7H,2-5H2,1H3. The van der Waals surface area contributed by atoms with E-state index in [2.05, 4.69) is 0 Å². The molecule has 0 aromatic carbocycles. The van der Waals surface area contributed by atoms with Crippen LogP contribution in [-0.4, -0.2) is 42.8 Å². The zero-order valence-corrected chi connectivity index (χ0v) is 11.2. The van der Waals surface area contributed by atoms with Crippen molar-refractivity contribution in [2.45, 2.75) is 0 Å². The van der Waals surface area contributed by atoms with Gasteiger partial charge in [-0.25, -0.2) is 0 Å². The molecule has 3 nitrogen and oxygen atoms in total. The third-order valence-corrected chi connectivity index (χ3v) is 3.25. The van der Waals surface area contributed by atoms with Gasteiger partial charge in [-0.15, -0.1) is 34.5 Å². The summed E-state index contributed by atoms with van der Waals surface area (Å²) < 4.78 is 5.03. The summed E-state index contributed by atoms with van der Waals surface area (Å²) in [5, 5.41) is 1.80. The Kier molecular flexibility index (Phi) is 5.95. The lowest BCUT2D eigenvalue weighted by Crippen LogP contribution is -2.33. The highest BCUT2D eigenvalue weighted by Crippen LogP contribution is 2.22. The smallest absolute Gasteiger partial charge is 0.264 e. The molecule has 1 rings (SSSR count). The molecule has 0 aliphatic carbocycles. The fourth-order valence-electron chi connectivity index (χ4n) is 1.21. The highest BCUT2D eigenvalue weighted by Gasteiger charge is 2.16. The van der Waals surface area contributed by atoms with Crippen molar-refractivity contribution >= 4 is 40.4 Å². The second kappa shape index (κ2) is 6.99. The molecule has 0 spiro atoms. The summed E-state index contributed by atoms with van der Waals surface area (Å²) in [6.07, 6.45) is 0. The number of rotatable bonds is 6. The second-order valence-corrected chi connectivity index (χ2v) is 4.69. The van der Waals surface area contributed by atoms with Gasteiger partial charge in [-0.1, -0.05) is 0 Å².